The van der Waals surface area contributed by atoms with Crippen molar-refractivity contribution in [2.45, 2.75) is 13.2 Å². The van der Waals surface area contributed by atoms with E-state index in [0.717, 1.165) is 22.2 Å². The summed E-state index contributed by atoms with van der Waals surface area (Å²) >= 11 is 0. The fraction of sp³-hybridized carbons (Fsp3) is 0.136. The number of ketones is 1. The maximum Gasteiger partial charge on any atom is 0.254 e. The van der Waals surface area contributed by atoms with Crippen LogP contribution in [-0.2, 0) is 17.9 Å². The van der Waals surface area contributed by atoms with Gasteiger partial charge in [-0.25, -0.2) is 4.98 Å². The van der Waals surface area contributed by atoms with Crippen molar-refractivity contribution >= 4 is 16.7 Å². The van der Waals surface area contributed by atoms with Crippen LogP contribution in [0.2, 0.25) is 0 Å². The van der Waals surface area contributed by atoms with E-state index in [1.54, 1.807) is 7.11 Å². The summed E-state index contributed by atoms with van der Waals surface area (Å²) in [7, 11) is 1.54. The van der Waals surface area contributed by atoms with Gasteiger partial charge in [-0.3, -0.25) is 14.2 Å². The maximum atomic E-state index is 13.2. The van der Waals surface area contributed by atoms with Crippen molar-refractivity contribution in [1.82, 2.24) is 14.5 Å². The molecule has 140 valence electrons. The second kappa shape index (κ2) is 7.62. The molecular formula is C22H19N3O3. The van der Waals surface area contributed by atoms with Gasteiger partial charge in [-0.05, 0) is 11.6 Å². The summed E-state index contributed by atoms with van der Waals surface area (Å²) < 4.78 is 6.31. The zero-order chi connectivity index (χ0) is 19.5. The number of rotatable bonds is 6. The predicted molar refractivity (Wildman–Crippen MR) is 107 cm³/mol. The van der Waals surface area contributed by atoms with Crippen LogP contribution in [0.4, 0.5) is 0 Å². The van der Waals surface area contributed by atoms with E-state index in [1.807, 2.05) is 54.6 Å². The molecule has 2 heterocycles. The molecule has 0 saturated heterocycles. The van der Waals surface area contributed by atoms with Gasteiger partial charge in [-0.1, -0.05) is 48.5 Å². The van der Waals surface area contributed by atoms with Crippen LogP contribution in [0, 0.1) is 0 Å². The van der Waals surface area contributed by atoms with Crippen LogP contribution in [0.25, 0.3) is 22.2 Å². The molecule has 2 aromatic carbocycles. The van der Waals surface area contributed by atoms with Gasteiger partial charge in [0.25, 0.3) is 5.56 Å². The van der Waals surface area contributed by atoms with Gasteiger partial charge >= 0.3 is 0 Å². The number of benzene rings is 2. The Morgan fingerprint density at radius 1 is 1.11 bits per heavy atom. The lowest BCUT2D eigenvalue weighted by Gasteiger charge is -2.08. The Kier molecular flexibility index (Phi) is 4.87. The van der Waals surface area contributed by atoms with Gasteiger partial charge in [0.2, 0.25) is 0 Å². The van der Waals surface area contributed by atoms with E-state index in [4.69, 9.17) is 4.74 Å². The first-order valence-electron chi connectivity index (χ1n) is 8.91. The zero-order valence-corrected chi connectivity index (χ0v) is 15.4. The topological polar surface area (TPSA) is 77.0 Å². The molecule has 6 nitrogen and oxygen atoms in total. The lowest BCUT2D eigenvalue weighted by atomic mass is 10.0. The number of H-pyrrole nitrogens is 1. The number of hydrogen-bond acceptors (Lipinski definition) is 4. The van der Waals surface area contributed by atoms with E-state index in [1.165, 1.54) is 17.0 Å². The summed E-state index contributed by atoms with van der Waals surface area (Å²) in [5.41, 5.74) is 3.39. The summed E-state index contributed by atoms with van der Waals surface area (Å²) in [6, 6.07) is 18.8. The fourth-order valence-corrected chi connectivity index (χ4v) is 3.30. The highest BCUT2D eigenvalue weighted by atomic mass is 16.5. The van der Waals surface area contributed by atoms with Crippen molar-refractivity contribution in [1.29, 1.82) is 0 Å². The molecule has 0 aliphatic rings. The van der Waals surface area contributed by atoms with Crippen LogP contribution in [-0.4, -0.2) is 27.4 Å². The van der Waals surface area contributed by atoms with Gasteiger partial charge in [-0.15, -0.1) is 0 Å². The highest BCUT2D eigenvalue weighted by molar-refractivity contribution is 6.13. The SMILES string of the molecule is COCc1cc(=O)n(CC(=O)c2c(-c3ccccc3)[nH]c3ccccc23)cn1. The molecular weight excluding hydrogens is 354 g/mol. The van der Waals surface area contributed by atoms with Crippen molar-refractivity contribution < 1.29 is 9.53 Å². The summed E-state index contributed by atoms with van der Waals surface area (Å²) in [6.45, 7) is 0.172. The van der Waals surface area contributed by atoms with Gasteiger partial charge < -0.3 is 9.72 Å². The number of fused-ring (bicyclic) bond motifs is 1. The molecule has 2 aromatic heterocycles. The minimum atomic E-state index is -0.281. The van der Waals surface area contributed by atoms with E-state index < -0.39 is 0 Å². The van der Waals surface area contributed by atoms with Crippen LogP contribution in [0.5, 0.6) is 0 Å². The standard InChI is InChI=1S/C22H19N3O3/c1-28-13-16-11-20(27)25(14-23-16)12-19(26)21-17-9-5-6-10-18(17)24-22(21)15-7-3-2-4-8-15/h2-11,14,24H,12-13H2,1H3. The van der Waals surface area contributed by atoms with E-state index in [9.17, 15) is 9.59 Å². The third-order valence-corrected chi connectivity index (χ3v) is 4.59. The van der Waals surface area contributed by atoms with E-state index in [0.29, 0.717) is 11.3 Å². The number of carbonyl (C=O) groups is 1. The van der Waals surface area contributed by atoms with Crippen LogP contribution in [0.1, 0.15) is 16.1 Å². The predicted octanol–water partition coefficient (Wildman–Crippen LogP) is 3.42. The number of nitrogens with zero attached hydrogens (tertiary/aromatic N) is 2. The molecule has 0 saturated carbocycles. The van der Waals surface area contributed by atoms with Crippen molar-refractivity contribution in [3.05, 3.63) is 88.6 Å². The van der Waals surface area contributed by atoms with Crippen LogP contribution >= 0.6 is 0 Å². The maximum absolute atomic E-state index is 13.2. The minimum absolute atomic E-state index is 0.0826. The molecule has 0 fully saturated rings. The van der Waals surface area contributed by atoms with E-state index in [2.05, 4.69) is 9.97 Å². The van der Waals surface area contributed by atoms with E-state index >= 15 is 0 Å². The first-order valence-corrected chi connectivity index (χ1v) is 8.91. The van der Waals surface area contributed by atoms with Crippen molar-refractivity contribution in [2.75, 3.05) is 7.11 Å². The van der Waals surface area contributed by atoms with Crippen molar-refractivity contribution in [3.63, 3.8) is 0 Å². The van der Waals surface area contributed by atoms with Gasteiger partial charge in [0.05, 0.1) is 36.4 Å². The zero-order valence-electron chi connectivity index (χ0n) is 15.4. The van der Waals surface area contributed by atoms with Crippen LogP contribution in [0.3, 0.4) is 0 Å². The fourth-order valence-electron chi connectivity index (χ4n) is 3.30. The Morgan fingerprint density at radius 3 is 2.61 bits per heavy atom. The number of aromatic amines is 1. The average molecular weight is 373 g/mol. The number of nitrogens with one attached hydrogen (secondary N) is 1. The molecule has 1 N–H and O–H groups in total. The van der Waals surface area contributed by atoms with Gasteiger partial charge in [0, 0.05) is 24.1 Å². The average Bonchev–Trinajstić information content (AvgIpc) is 3.11. The van der Waals surface area contributed by atoms with Crippen LogP contribution < -0.4 is 5.56 Å². The Hall–Kier alpha value is -3.51. The van der Waals surface area contributed by atoms with Gasteiger partial charge in [0.15, 0.2) is 5.78 Å². The molecule has 28 heavy (non-hydrogen) atoms. The summed E-state index contributed by atoms with van der Waals surface area (Å²) in [5.74, 6) is -0.153. The first kappa shape index (κ1) is 17.9. The number of Topliss-reactive ketones (excluding diaryl/α,β-unsaturated/α-hetero) is 1. The number of ether oxygens (including phenoxy) is 1. The molecule has 0 unspecified atom stereocenters. The molecule has 0 amide bonds. The highest BCUT2D eigenvalue weighted by Gasteiger charge is 2.20. The first-order chi connectivity index (χ1) is 13.7. The smallest absolute Gasteiger partial charge is 0.254 e. The Balaban J connectivity index is 1.76. The summed E-state index contributed by atoms with van der Waals surface area (Å²) in [6.07, 6.45) is 1.39. The van der Waals surface area contributed by atoms with Crippen LogP contribution in [0.15, 0.2) is 71.8 Å². The molecule has 0 radical (unpaired) electrons. The number of hydrogen-bond donors (Lipinski definition) is 1. The normalized spacial score (nSPS) is 11.0. The Bertz CT molecular complexity index is 1190. The monoisotopic (exact) mass is 373 g/mol. The molecule has 4 rings (SSSR count). The molecule has 0 aliphatic heterocycles. The molecule has 0 bridgehead atoms. The molecule has 0 atom stereocenters. The third kappa shape index (κ3) is 3.37. The summed E-state index contributed by atoms with van der Waals surface area (Å²) in [4.78, 5) is 33.1. The molecule has 0 aliphatic carbocycles. The summed E-state index contributed by atoms with van der Waals surface area (Å²) in [5, 5.41) is 0.836. The highest BCUT2D eigenvalue weighted by Crippen LogP contribution is 2.30. The second-order valence-electron chi connectivity index (χ2n) is 6.49. The largest absolute Gasteiger partial charge is 0.378 e. The second-order valence-corrected chi connectivity index (χ2v) is 6.49. The van der Waals surface area contributed by atoms with E-state index in [-0.39, 0.29) is 24.5 Å². The van der Waals surface area contributed by atoms with Crippen molar-refractivity contribution in [2.24, 2.45) is 0 Å². The number of aromatic nitrogens is 3. The van der Waals surface area contributed by atoms with Gasteiger partial charge in [-0.2, -0.15) is 0 Å². The Labute approximate surface area is 161 Å². The minimum Gasteiger partial charge on any atom is -0.378 e. The lowest BCUT2D eigenvalue weighted by Crippen LogP contribution is -2.25. The number of para-hydroxylation sites is 1. The molecule has 6 heteroatoms. The number of carbonyl (C=O) groups excluding carboxylic acids is 1. The third-order valence-electron chi connectivity index (χ3n) is 4.59. The molecule has 0 spiro atoms. The molecule has 4 aromatic rings. The lowest BCUT2D eigenvalue weighted by molar-refractivity contribution is 0.0972. The Morgan fingerprint density at radius 2 is 1.86 bits per heavy atom. The van der Waals surface area contributed by atoms with Gasteiger partial charge in [0.1, 0.15) is 0 Å². The number of methoxy groups -OCH3 is 1. The quantitative estimate of drug-likeness (QED) is 0.526. The van der Waals surface area contributed by atoms with Crippen molar-refractivity contribution in [3.8, 4) is 11.3 Å².